The van der Waals surface area contributed by atoms with Crippen LogP contribution in [0.5, 0.6) is 0 Å². The number of anilines is 2. The molecule has 4 N–H and O–H groups in total. The first-order valence-corrected chi connectivity index (χ1v) is 10.2. The van der Waals surface area contributed by atoms with Gasteiger partial charge in [0.25, 0.3) is 5.91 Å². The van der Waals surface area contributed by atoms with Crippen LogP contribution in [0.3, 0.4) is 0 Å². The second-order valence-corrected chi connectivity index (χ2v) is 7.50. The predicted octanol–water partition coefficient (Wildman–Crippen LogP) is 4.12. The number of hydrogen-bond donors (Lipinski definition) is 4. The lowest BCUT2D eigenvalue weighted by Crippen LogP contribution is -2.26. The lowest BCUT2D eigenvalue weighted by molar-refractivity contribution is -0.114. The van der Waals surface area contributed by atoms with Crippen LogP contribution >= 0.6 is 11.6 Å². The Hall–Kier alpha value is -3.35. The molecule has 0 saturated heterocycles. The number of amides is 2. The molecular weight excluding hydrogens is 414 g/mol. The van der Waals surface area contributed by atoms with Crippen LogP contribution < -0.4 is 16.0 Å². The molecule has 3 aromatic rings. The van der Waals surface area contributed by atoms with E-state index in [9.17, 15) is 14.7 Å². The highest BCUT2D eigenvalue weighted by Gasteiger charge is 2.13. The highest BCUT2D eigenvalue weighted by Crippen LogP contribution is 2.23. The molecule has 0 bridgehead atoms. The Labute approximate surface area is 186 Å². The van der Waals surface area contributed by atoms with E-state index in [1.807, 2.05) is 31.2 Å². The van der Waals surface area contributed by atoms with Crippen molar-refractivity contribution in [2.45, 2.75) is 20.1 Å². The molecule has 0 saturated carbocycles. The molecule has 0 atom stereocenters. The van der Waals surface area contributed by atoms with Crippen LogP contribution in [0.15, 0.2) is 66.7 Å². The summed E-state index contributed by atoms with van der Waals surface area (Å²) in [7, 11) is 0. The van der Waals surface area contributed by atoms with Crippen molar-refractivity contribution in [3.63, 3.8) is 0 Å². The monoisotopic (exact) mass is 437 g/mol. The molecule has 0 aromatic heterocycles. The van der Waals surface area contributed by atoms with Crippen LogP contribution in [-0.4, -0.2) is 23.5 Å². The third kappa shape index (κ3) is 6.31. The third-order valence-electron chi connectivity index (χ3n) is 4.67. The van der Waals surface area contributed by atoms with Crippen molar-refractivity contribution in [3.8, 4) is 0 Å². The van der Waals surface area contributed by atoms with Gasteiger partial charge in [-0.1, -0.05) is 59.6 Å². The number of benzene rings is 3. The van der Waals surface area contributed by atoms with Gasteiger partial charge in [0.1, 0.15) is 0 Å². The van der Waals surface area contributed by atoms with Gasteiger partial charge in [0.05, 0.1) is 35.1 Å². The van der Waals surface area contributed by atoms with Crippen molar-refractivity contribution in [1.82, 2.24) is 5.32 Å². The maximum atomic E-state index is 12.7. The Kier molecular flexibility index (Phi) is 7.65. The molecule has 3 rings (SSSR count). The van der Waals surface area contributed by atoms with E-state index in [2.05, 4.69) is 16.0 Å². The first-order chi connectivity index (χ1) is 15.0. The summed E-state index contributed by atoms with van der Waals surface area (Å²) in [6.45, 7) is 2.23. The maximum absolute atomic E-state index is 12.7. The molecule has 0 unspecified atom stereocenters. The summed E-state index contributed by atoms with van der Waals surface area (Å²) >= 11 is 6.13. The zero-order valence-electron chi connectivity index (χ0n) is 17.1. The Balaban J connectivity index is 1.61. The van der Waals surface area contributed by atoms with Crippen molar-refractivity contribution >= 4 is 34.8 Å². The second-order valence-electron chi connectivity index (χ2n) is 7.09. The van der Waals surface area contributed by atoms with Crippen LogP contribution in [0.1, 0.15) is 27.0 Å². The molecule has 0 heterocycles. The highest BCUT2D eigenvalue weighted by molar-refractivity contribution is 6.33. The number of aliphatic hydroxyl groups is 1. The Morgan fingerprint density at radius 2 is 1.65 bits per heavy atom. The molecule has 3 aromatic carbocycles. The van der Waals surface area contributed by atoms with Crippen LogP contribution in [0.25, 0.3) is 0 Å². The van der Waals surface area contributed by atoms with E-state index in [0.29, 0.717) is 34.1 Å². The molecule has 0 aliphatic rings. The minimum atomic E-state index is -0.329. The van der Waals surface area contributed by atoms with E-state index in [0.717, 1.165) is 11.1 Å². The summed E-state index contributed by atoms with van der Waals surface area (Å²) in [4.78, 5) is 25.1. The van der Waals surface area contributed by atoms with Gasteiger partial charge in [-0.25, -0.2) is 0 Å². The minimum absolute atomic E-state index is 0.0477. The van der Waals surface area contributed by atoms with Crippen molar-refractivity contribution in [2.24, 2.45) is 0 Å². The van der Waals surface area contributed by atoms with Crippen molar-refractivity contribution < 1.29 is 14.7 Å². The summed E-state index contributed by atoms with van der Waals surface area (Å²) in [5.74, 6) is -0.604. The first kappa shape index (κ1) is 22.3. The van der Waals surface area contributed by atoms with Gasteiger partial charge in [0.2, 0.25) is 5.91 Å². The van der Waals surface area contributed by atoms with Gasteiger partial charge in [0.15, 0.2) is 0 Å². The summed E-state index contributed by atoms with van der Waals surface area (Å²) in [6.07, 6.45) is 0. The van der Waals surface area contributed by atoms with Gasteiger partial charge in [-0.05, 0) is 42.3 Å². The average molecular weight is 438 g/mol. The highest BCUT2D eigenvalue weighted by atomic mass is 35.5. The smallest absolute Gasteiger partial charge is 0.253 e. The number of aliphatic hydroxyl groups excluding tert-OH is 1. The van der Waals surface area contributed by atoms with E-state index < -0.39 is 0 Å². The van der Waals surface area contributed by atoms with Gasteiger partial charge >= 0.3 is 0 Å². The molecule has 2 amide bonds. The summed E-state index contributed by atoms with van der Waals surface area (Å²) in [5.41, 5.74) is 4.18. The average Bonchev–Trinajstić information content (AvgIpc) is 2.78. The zero-order valence-corrected chi connectivity index (χ0v) is 17.9. The molecule has 0 radical (unpaired) electrons. The fourth-order valence-electron chi connectivity index (χ4n) is 2.95. The number of nitrogens with one attached hydrogen (secondary N) is 3. The van der Waals surface area contributed by atoms with Crippen LogP contribution in [-0.2, 0) is 17.9 Å². The Morgan fingerprint density at radius 3 is 2.39 bits per heavy atom. The number of carbonyl (C=O) groups is 2. The lowest BCUT2D eigenvalue weighted by Gasteiger charge is -2.13. The lowest BCUT2D eigenvalue weighted by atomic mass is 10.1. The van der Waals surface area contributed by atoms with E-state index in [1.165, 1.54) is 0 Å². The van der Waals surface area contributed by atoms with Crippen LogP contribution in [0, 0.1) is 6.92 Å². The molecule has 0 spiro atoms. The fraction of sp³-hybridized carbons (Fsp3) is 0.167. The van der Waals surface area contributed by atoms with Crippen molar-refractivity contribution in [1.29, 1.82) is 0 Å². The zero-order chi connectivity index (χ0) is 22.2. The van der Waals surface area contributed by atoms with E-state index in [-0.39, 0.29) is 25.0 Å². The van der Waals surface area contributed by atoms with E-state index in [1.54, 1.807) is 42.5 Å². The molecule has 0 aliphatic carbocycles. The molecule has 160 valence electrons. The summed E-state index contributed by atoms with van der Waals surface area (Å²) < 4.78 is 0. The van der Waals surface area contributed by atoms with Gasteiger partial charge in [-0.15, -0.1) is 0 Å². The number of aryl methyl sites for hydroxylation is 1. The van der Waals surface area contributed by atoms with Gasteiger partial charge in [0, 0.05) is 6.54 Å². The topological polar surface area (TPSA) is 90.5 Å². The Bertz CT molecular complexity index is 1070. The second kappa shape index (κ2) is 10.6. The molecule has 0 aliphatic heterocycles. The van der Waals surface area contributed by atoms with E-state index >= 15 is 0 Å². The standard InChI is InChI=1S/C24H24ClN3O3/c1-16-6-8-17(9-7-16)13-27-24(31)19-4-2-3-5-21(19)28-23(30)14-26-22-12-18(15-29)10-11-20(22)25/h2-12,26,29H,13-15H2,1H3,(H,27,31)(H,28,30). The molecule has 0 fully saturated rings. The molecule has 6 nitrogen and oxygen atoms in total. The normalized spacial score (nSPS) is 10.4. The minimum Gasteiger partial charge on any atom is -0.392 e. The quantitative estimate of drug-likeness (QED) is 0.426. The van der Waals surface area contributed by atoms with Crippen LogP contribution in [0.4, 0.5) is 11.4 Å². The fourth-order valence-corrected chi connectivity index (χ4v) is 3.13. The number of carbonyl (C=O) groups excluding carboxylic acids is 2. The first-order valence-electron chi connectivity index (χ1n) is 9.82. The van der Waals surface area contributed by atoms with Gasteiger partial charge in [-0.3, -0.25) is 9.59 Å². The van der Waals surface area contributed by atoms with Crippen molar-refractivity contribution in [3.05, 3.63) is 94.0 Å². The number of para-hydroxylation sites is 1. The number of rotatable bonds is 8. The molecular formula is C24H24ClN3O3. The maximum Gasteiger partial charge on any atom is 0.253 e. The van der Waals surface area contributed by atoms with Gasteiger partial charge < -0.3 is 21.1 Å². The summed E-state index contributed by atoms with van der Waals surface area (Å²) in [5, 5.41) is 18.3. The number of halogens is 1. The molecule has 7 heteroatoms. The van der Waals surface area contributed by atoms with Crippen molar-refractivity contribution in [2.75, 3.05) is 17.2 Å². The Morgan fingerprint density at radius 1 is 0.935 bits per heavy atom. The summed E-state index contributed by atoms with van der Waals surface area (Å²) in [6, 6.07) is 19.8. The predicted molar refractivity (Wildman–Crippen MR) is 123 cm³/mol. The van der Waals surface area contributed by atoms with Crippen LogP contribution in [0.2, 0.25) is 5.02 Å². The number of hydrogen-bond acceptors (Lipinski definition) is 4. The third-order valence-corrected chi connectivity index (χ3v) is 5.00. The van der Waals surface area contributed by atoms with E-state index in [4.69, 9.17) is 11.6 Å². The van der Waals surface area contributed by atoms with Gasteiger partial charge in [-0.2, -0.15) is 0 Å². The molecule has 31 heavy (non-hydrogen) atoms. The SMILES string of the molecule is Cc1ccc(CNC(=O)c2ccccc2NC(=O)CNc2cc(CO)ccc2Cl)cc1. The largest absolute Gasteiger partial charge is 0.392 e.